The first-order chi connectivity index (χ1) is 12.3. The molecule has 0 N–H and O–H groups in total. The quantitative estimate of drug-likeness (QED) is 0.734. The summed E-state index contributed by atoms with van der Waals surface area (Å²) in [6.07, 6.45) is 6.90. The lowest BCUT2D eigenvalue weighted by molar-refractivity contribution is -0.133. The van der Waals surface area contributed by atoms with Crippen LogP contribution in [0.4, 0.5) is 0 Å². The molecule has 6 nitrogen and oxygen atoms in total. The van der Waals surface area contributed by atoms with Crippen LogP contribution in [0, 0.1) is 5.92 Å². The van der Waals surface area contributed by atoms with Crippen LogP contribution in [-0.4, -0.2) is 43.9 Å². The van der Waals surface area contributed by atoms with Crippen LogP contribution >= 0.6 is 0 Å². The second-order valence-electron chi connectivity index (χ2n) is 6.65. The summed E-state index contributed by atoms with van der Waals surface area (Å²) in [5.41, 5.74) is 2.97. The van der Waals surface area contributed by atoms with Gasteiger partial charge in [0.15, 0.2) is 0 Å². The van der Waals surface area contributed by atoms with Gasteiger partial charge in [-0.3, -0.25) is 9.78 Å². The van der Waals surface area contributed by atoms with Gasteiger partial charge in [0.25, 0.3) is 0 Å². The summed E-state index contributed by atoms with van der Waals surface area (Å²) in [7, 11) is 0. The van der Waals surface area contributed by atoms with Crippen molar-refractivity contribution in [3.05, 3.63) is 54.4 Å². The highest BCUT2D eigenvalue weighted by molar-refractivity contribution is 5.79. The van der Waals surface area contributed by atoms with E-state index in [9.17, 15) is 4.79 Å². The van der Waals surface area contributed by atoms with Crippen molar-refractivity contribution in [2.24, 2.45) is 5.92 Å². The van der Waals surface area contributed by atoms with E-state index in [1.807, 2.05) is 41.4 Å². The number of hydrogen-bond acceptors (Lipinski definition) is 4. The second kappa shape index (κ2) is 7.01. The third kappa shape index (κ3) is 3.52. The Morgan fingerprint density at radius 2 is 2.12 bits per heavy atom. The average molecular weight is 335 g/mol. The van der Waals surface area contributed by atoms with Crippen molar-refractivity contribution in [1.82, 2.24) is 24.9 Å². The molecule has 1 aromatic carbocycles. The van der Waals surface area contributed by atoms with Crippen LogP contribution in [0.1, 0.15) is 18.4 Å². The number of piperidine rings is 1. The van der Waals surface area contributed by atoms with E-state index < -0.39 is 0 Å². The highest BCUT2D eigenvalue weighted by atomic mass is 16.2. The lowest BCUT2D eigenvalue weighted by Gasteiger charge is -2.33. The molecule has 0 unspecified atom stereocenters. The molecule has 1 amide bonds. The largest absolute Gasteiger partial charge is 0.341 e. The Bertz CT molecular complexity index is 860. The number of pyridine rings is 1. The number of carbonyl (C=O) groups excluding carboxylic acids is 1. The standard InChI is InChI=1S/C19H21N5O/c25-19(14-24-18-8-2-1-7-17(18)21-22-24)23-10-4-6-16(13-23)11-15-5-3-9-20-12-15/h1-3,5,7-9,12,16H,4,6,10-11,13-14H2/t16-/m0/s1. The topological polar surface area (TPSA) is 63.9 Å². The van der Waals surface area contributed by atoms with Gasteiger partial charge >= 0.3 is 0 Å². The Hall–Kier alpha value is -2.76. The van der Waals surface area contributed by atoms with Gasteiger partial charge in [-0.2, -0.15) is 0 Å². The third-order valence-electron chi connectivity index (χ3n) is 4.82. The summed E-state index contributed by atoms with van der Waals surface area (Å²) in [6.45, 7) is 1.88. The minimum atomic E-state index is 0.117. The van der Waals surface area contributed by atoms with Gasteiger partial charge in [-0.25, -0.2) is 4.68 Å². The third-order valence-corrected chi connectivity index (χ3v) is 4.82. The number of aromatic nitrogens is 4. The Balaban J connectivity index is 1.41. The van der Waals surface area contributed by atoms with Crippen molar-refractivity contribution in [3.8, 4) is 0 Å². The van der Waals surface area contributed by atoms with Crippen molar-refractivity contribution < 1.29 is 4.79 Å². The molecule has 128 valence electrons. The fourth-order valence-corrected chi connectivity index (χ4v) is 3.57. The summed E-state index contributed by atoms with van der Waals surface area (Å²) in [5.74, 6) is 0.612. The number of likely N-dealkylation sites (tertiary alicyclic amines) is 1. The van der Waals surface area contributed by atoms with Gasteiger partial charge in [0.1, 0.15) is 12.1 Å². The van der Waals surface area contributed by atoms with Crippen molar-refractivity contribution in [2.75, 3.05) is 13.1 Å². The number of hydrogen-bond donors (Lipinski definition) is 0. The molecular weight excluding hydrogens is 314 g/mol. The number of amides is 1. The zero-order valence-corrected chi connectivity index (χ0v) is 14.1. The van der Waals surface area contributed by atoms with Gasteiger partial charge in [0.05, 0.1) is 5.52 Å². The molecule has 25 heavy (non-hydrogen) atoms. The van der Waals surface area contributed by atoms with E-state index in [2.05, 4.69) is 21.4 Å². The normalized spacial score (nSPS) is 17.8. The number of fused-ring (bicyclic) bond motifs is 1. The van der Waals surface area contributed by atoms with Gasteiger partial charge in [-0.15, -0.1) is 5.10 Å². The summed E-state index contributed by atoms with van der Waals surface area (Å²) in [4.78, 5) is 18.9. The van der Waals surface area contributed by atoms with E-state index in [1.54, 1.807) is 10.9 Å². The van der Waals surface area contributed by atoms with Gasteiger partial charge in [0.2, 0.25) is 5.91 Å². The van der Waals surface area contributed by atoms with Crippen LogP contribution in [0.3, 0.4) is 0 Å². The molecule has 1 atom stereocenters. The smallest absolute Gasteiger partial charge is 0.244 e. The van der Waals surface area contributed by atoms with E-state index >= 15 is 0 Å². The molecule has 1 fully saturated rings. The number of nitrogens with zero attached hydrogens (tertiary/aromatic N) is 5. The lowest BCUT2D eigenvalue weighted by atomic mass is 9.92. The van der Waals surface area contributed by atoms with Crippen molar-refractivity contribution >= 4 is 16.9 Å². The molecule has 1 aliphatic rings. The van der Waals surface area contributed by atoms with E-state index in [1.165, 1.54) is 5.56 Å². The van der Waals surface area contributed by atoms with Crippen LogP contribution in [0.25, 0.3) is 11.0 Å². The van der Waals surface area contributed by atoms with Gasteiger partial charge in [-0.05, 0) is 48.9 Å². The van der Waals surface area contributed by atoms with E-state index in [0.29, 0.717) is 5.92 Å². The fraction of sp³-hybridized carbons (Fsp3) is 0.368. The zero-order chi connectivity index (χ0) is 17.1. The molecule has 1 saturated heterocycles. The van der Waals surface area contributed by atoms with Crippen LogP contribution in [-0.2, 0) is 17.8 Å². The Kier molecular flexibility index (Phi) is 4.41. The first kappa shape index (κ1) is 15.7. The van der Waals surface area contributed by atoms with Crippen LogP contribution in [0.2, 0.25) is 0 Å². The van der Waals surface area contributed by atoms with Crippen molar-refractivity contribution in [1.29, 1.82) is 0 Å². The molecule has 6 heteroatoms. The highest BCUT2D eigenvalue weighted by Gasteiger charge is 2.24. The molecular formula is C19H21N5O. The molecule has 2 aromatic heterocycles. The number of rotatable bonds is 4. The number of carbonyl (C=O) groups is 1. The summed E-state index contributed by atoms with van der Waals surface area (Å²) in [6, 6.07) is 11.8. The van der Waals surface area contributed by atoms with Gasteiger partial charge in [-0.1, -0.05) is 23.4 Å². The maximum absolute atomic E-state index is 12.7. The average Bonchev–Trinajstić information content (AvgIpc) is 3.06. The number of para-hydroxylation sites is 1. The summed E-state index contributed by atoms with van der Waals surface area (Å²) >= 11 is 0. The molecule has 3 heterocycles. The number of benzene rings is 1. The first-order valence-electron chi connectivity index (χ1n) is 8.74. The predicted molar refractivity (Wildman–Crippen MR) is 94.8 cm³/mol. The molecule has 1 aliphatic heterocycles. The molecule has 0 saturated carbocycles. The van der Waals surface area contributed by atoms with Crippen LogP contribution < -0.4 is 0 Å². The van der Waals surface area contributed by atoms with Crippen molar-refractivity contribution in [2.45, 2.75) is 25.8 Å². The van der Waals surface area contributed by atoms with E-state index in [-0.39, 0.29) is 12.5 Å². The van der Waals surface area contributed by atoms with Gasteiger partial charge in [0, 0.05) is 25.5 Å². The summed E-state index contributed by atoms with van der Waals surface area (Å²) < 4.78 is 1.70. The molecule has 0 radical (unpaired) electrons. The molecule has 4 rings (SSSR count). The van der Waals surface area contributed by atoms with Crippen LogP contribution in [0.15, 0.2) is 48.8 Å². The predicted octanol–water partition coefficient (Wildman–Crippen LogP) is 2.31. The molecule has 0 aliphatic carbocycles. The Labute approximate surface area is 146 Å². The molecule has 3 aromatic rings. The lowest BCUT2D eigenvalue weighted by Crippen LogP contribution is -2.42. The molecule has 0 bridgehead atoms. The molecule has 0 spiro atoms. The minimum absolute atomic E-state index is 0.117. The first-order valence-corrected chi connectivity index (χ1v) is 8.74. The van der Waals surface area contributed by atoms with Crippen molar-refractivity contribution in [3.63, 3.8) is 0 Å². The van der Waals surface area contributed by atoms with Gasteiger partial charge < -0.3 is 4.90 Å². The minimum Gasteiger partial charge on any atom is -0.341 e. The summed E-state index contributed by atoms with van der Waals surface area (Å²) in [5, 5.41) is 8.25. The Morgan fingerprint density at radius 1 is 1.20 bits per heavy atom. The highest BCUT2D eigenvalue weighted by Crippen LogP contribution is 2.21. The maximum Gasteiger partial charge on any atom is 0.244 e. The van der Waals surface area contributed by atoms with E-state index in [4.69, 9.17) is 0 Å². The SMILES string of the molecule is O=C(Cn1nnc2ccccc21)N1CCC[C@@H](Cc2cccnc2)C1. The second-order valence-corrected chi connectivity index (χ2v) is 6.65. The monoisotopic (exact) mass is 335 g/mol. The zero-order valence-electron chi connectivity index (χ0n) is 14.1. The maximum atomic E-state index is 12.7. The van der Waals surface area contributed by atoms with E-state index in [0.717, 1.165) is 43.4 Å². The fourth-order valence-electron chi connectivity index (χ4n) is 3.57. The van der Waals surface area contributed by atoms with Crippen LogP contribution in [0.5, 0.6) is 0 Å². The Morgan fingerprint density at radius 3 is 3.00 bits per heavy atom.